The number of hydrogen-bond donors (Lipinski definition) is 3. The Bertz CT molecular complexity index is 582. The average Bonchev–Trinajstić information content (AvgIpc) is 2.60. The highest BCUT2D eigenvalue weighted by molar-refractivity contribution is 5.88. The van der Waals surface area contributed by atoms with Crippen LogP contribution < -0.4 is 10.6 Å². The van der Waals surface area contributed by atoms with Gasteiger partial charge < -0.3 is 15.7 Å². The number of carbonyl (C=O) groups is 3. The standard InChI is InChI=1S/C19H26N2O4/c22-17(13-14-7-3-1-4-8-14)21-16(11-12-18(23)24)19(25)20-15-9-5-2-6-10-15/h1,3-4,7-8,15-16H,2,5-6,9-13H2,(H,20,25)(H,21,22)(H,23,24)/t16-/m0/s1. The van der Waals surface area contributed by atoms with Crippen molar-refractivity contribution < 1.29 is 19.5 Å². The summed E-state index contributed by atoms with van der Waals surface area (Å²) in [6.45, 7) is 0. The van der Waals surface area contributed by atoms with Crippen molar-refractivity contribution in [3.8, 4) is 0 Å². The lowest BCUT2D eigenvalue weighted by molar-refractivity contribution is -0.138. The molecule has 0 aliphatic heterocycles. The summed E-state index contributed by atoms with van der Waals surface area (Å²) in [7, 11) is 0. The van der Waals surface area contributed by atoms with E-state index in [-0.39, 0.29) is 37.1 Å². The molecule has 6 heteroatoms. The number of aliphatic carboxylic acids is 1. The second-order valence-corrected chi connectivity index (χ2v) is 6.56. The average molecular weight is 346 g/mol. The van der Waals surface area contributed by atoms with Gasteiger partial charge in [-0.3, -0.25) is 14.4 Å². The summed E-state index contributed by atoms with van der Waals surface area (Å²) in [4.78, 5) is 35.6. The normalized spacial score (nSPS) is 16.0. The third kappa shape index (κ3) is 6.95. The zero-order valence-corrected chi connectivity index (χ0v) is 14.4. The van der Waals surface area contributed by atoms with Gasteiger partial charge in [-0.15, -0.1) is 0 Å². The third-order valence-corrected chi connectivity index (χ3v) is 4.46. The first kappa shape index (κ1) is 19.0. The van der Waals surface area contributed by atoms with Crippen molar-refractivity contribution in [2.75, 3.05) is 0 Å². The van der Waals surface area contributed by atoms with Gasteiger partial charge in [-0.1, -0.05) is 49.6 Å². The van der Waals surface area contributed by atoms with Crippen molar-refractivity contribution in [2.24, 2.45) is 0 Å². The quantitative estimate of drug-likeness (QED) is 0.671. The third-order valence-electron chi connectivity index (χ3n) is 4.46. The van der Waals surface area contributed by atoms with Crippen LogP contribution in [-0.4, -0.2) is 35.0 Å². The molecule has 0 bridgehead atoms. The molecule has 0 heterocycles. The van der Waals surface area contributed by atoms with E-state index >= 15 is 0 Å². The molecule has 6 nitrogen and oxygen atoms in total. The fourth-order valence-electron chi connectivity index (χ4n) is 3.11. The molecule has 1 aliphatic rings. The number of hydrogen-bond acceptors (Lipinski definition) is 3. The molecule has 3 N–H and O–H groups in total. The molecule has 0 unspecified atom stereocenters. The first-order chi connectivity index (χ1) is 12.0. The molecule has 1 atom stereocenters. The first-order valence-corrected chi connectivity index (χ1v) is 8.90. The number of carbonyl (C=O) groups excluding carboxylic acids is 2. The lowest BCUT2D eigenvalue weighted by Crippen LogP contribution is -2.50. The molecular weight excluding hydrogens is 320 g/mol. The molecular formula is C19H26N2O4. The highest BCUT2D eigenvalue weighted by Gasteiger charge is 2.24. The monoisotopic (exact) mass is 346 g/mol. The fourth-order valence-corrected chi connectivity index (χ4v) is 3.11. The fraction of sp³-hybridized carbons (Fsp3) is 0.526. The van der Waals surface area contributed by atoms with E-state index in [1.807, 2.05) is 30.3 Å². The minimum Gasteiger partial charge on any atom is -0.481 e. The van der Waals surface area contributed by atoms with E-state index in [2.05, 4.69) is 10.6 Å². The van der Waals surface area contributed by atoms with Crippen LogP contribution in [0.25, 0.3) is 0 Å². The summed E-state index contributed by atoms with van der Waals surface area (Å²) < 4.78 is 0. The number of carboxylic acid groups (broad SMARTS) is 1. The number of amides is 2. The van der Waals surface area contributed by atoms with E-state index in [0.717, 1.165) is 31.2 Å². The van der Waals surface area contributed by atoms with E-state index in [9.17, 15) is 14.4 Å². The van der Waals surface area contributed by atoms with E-state index in [1.54, 1.807) is 0 Å². The molecule has 2 amide bonds. The second kappa shape index (κ2) is 9.81. The smallest absolute Gasteiger partial charge is 0.303 e. The van der Waals surface area contributed by atoms with Crippen LogP contribution in [0.5, 0.6) is 0 Å². The minimum absolute atomic E-state index is 0.0917. The first-order valence-electron chi connectivity index (χ1n) is 8.90. The van der Waals surface area contributed by atoms with Crippen LogP contribution in [0.2, 0.25) is 0 Å². The Morgan fingerprint density at radius 3 is 2.40 bits per heavy atom. The van der Waals surface area contributed by atoms with Crippen LogP contribution >= 0.6 is 0 Å². The molecule has 0 aromatic heterocycles. The SMILES string of the molecule is O=C(O)CC[C@H](NC(=O)Cc1ccccc1)C(=O)NC1CCCCC1. The van der Waals surface area contributed by atoms with Gasteiger partial charge in [-0.25, -0.2) is 0 Å². The van der Waals surface area contributed by atoms with Crippen molar-refractivity contribution in [1.29, 1.82) is 0 Å². The maximum Gasteiger partial charge on any atom is 0.303 e. The van der Waals surface area contributed by atoms with Gasteiger partial charge in [0, 0.05) is 12.5 Å². The molecule has 0 spiro atoms. The van der Waals surface area contributed by atoms with Crippen molar-refractivity contribution in [3.05, 3.63) is 35.9 Å². The predicted octanol–water partition coefficient (Wildman–Crippen LogP) is 2.03. The maximum absolute atomic E-state index is 12.5. The van der Waals surface area contributed by atoms with Crippen LogP contribution in [0.3, 0.4) is 0 Å². The summed E-state index contributed by atoms with van der Waals surface area (Å²) in [5, 5.41) is 14.6. The topological polar surface area (TPSA) is 95.5 Å². The summed E-state index contributed by atoms with van der Waals surface area (Å²) >= 11 is 0. The Hall–Kier alpha value is -2.37. The van der Waals surface area contributed by atoms with Crippen LogP contribution in [0.4, 0.5) is 0 Å². The molecule has 1 aromatic rings. The zero-order chi connectivity index (χ0) is 18.1. The zero-order valence-electron chi connectivity index (χ0n) is 14.4. The van der Waals surface area contributed by atoms with E-state index in [1.165, 1.54) is 6.42 Å². The highest BCUT2D eigenvalue weighted by Crippen LogP contribution is 2.17. The van der Waals surface area contributed by atoms with E-state index in [0.29, 0.717) is 0 Å². The van der Waals surface area contributed by atoms with Crippen molar-refractivity contribution in [3.63, 3.8) is 0 Å². The Labute approximate surface area is 148 Å². The Morgan fingerprint density at radius 2 is 1.76 bits per heavy atom. The van der Waals surface area contributed by atoms with Crippen molar-refractivity contribution in [1.82, 2.24) is 10.6 Å². The summed E-state index contributed by atoms with van der Waals surface area (Å²) in [6, 6.07) is 8.56. The maximum atomic E-state index is 12.5. The Balaban J connectivity index is 1.92. The Morgan fingerprint density at radius 1 is 1.08 bits per heavy atom. The minimum atomic E-state index is -0.979. The van der Waals surface area contributed by atoms with Gasteiger partial charge in [0.25, 0.3) is 0 Å². The summed E-state index contributed by atoms with van der Waals surface area (Å²) in [6.07, 6.45) is 5.34. The van der Waals surface area contributed by atoms with Crippen LogP contribution in [-0.2, 0) is 20.8 Å². The van der Waals surface area contributed by atoms with Gasteiger partial charge in [0.05, 0.1) is 6.42 Å². The van der Waals surface area contributed by atoms with Crippen molar-refractivity contribution >= 4 is 17.8 Å². The largest absolute Gasteiger partial charge is 0.481 e. The number of rotatable bonds is 8. The Kier molecular flexibility index (Phi) is 7.44. The molecule has 1 aliphatic carbocycles. The van der Waals surface area contributed by atoms with Crippen LogP contribution in [0.15, 0.2) is 30.3 Å². The predicted molar refractivity (Wildman–Crippen MR) is 94.0 cm³/mol. The van der Waals surface area contributed by atoms with Gasteiger partial charge >= 0.3 is 5.97 Å². The number of carboxylic acids is 1. The van der Waals surface area contributed by atoms with Crippen LogP contribution in [0, 0.1) is 0 Å². The van der Waals surface area contributed by atoms with Gasteiger partial charge in [-0.2, -0.15) is 0 Å². The van der Waals surface area contributed by atoms with Gasteiger partial charge in [0.2, 0.25) is 11.8 Å². The summed E-state index contributed by atoms with van der Waals surface area (Å²) in [5.74, 6) is -1.54. The van der Waals surface area contributed by atoms with E-state index in [4.69, 9.17) is 5.11 Å². The number of nitrogens with one attached hydrogen (secondary N) is 2. The van der Waals surface area contributed by atoms with E-state index < -0.39 is 12.0 Å². The van der Waals surface area contributed by atoms with Gasteiger partial charge in [0.15, 0.2) is 0 Å². The lowest BCUT2D eigenvalue weighted by Gasteiger charge is -2.26. The molecule has 0 radical (unpaired) electrons. The molecule has 2 rings (SSSR count). The van der Waals surface area contributed by atoms with Crippen LogP contribution in [0.1, 0.15) is 50.5 Å². The highest BCUT2D eigenvalue weighted by atomic mass is 16.4. The lowest BCUT2D eigenvalue weighted by atomic mass is 9.95. The molecule has 1 fully saturated rings. The summed E-state index contributed by atoms with van der Waals surface area (Å²) in [5.41, 5.74) is 0.852. The molecule has 0 saturated heterocycles. The van der Waals surface area contributed by atoms with Gasteiger partial charge in [-0.05, 0) is 24.8 Å². The molecule has 1 aromatic carbocycles. The van der Waals surface area contributed by atoms with Gasteiger partial charge in [0.1, 0.15) is 6.04 Å². The van der Waals surface area contributed by atoms with Crippen molar-refractivity contribution in [2.45, 2.75) is 63.5 Å². The molecule has 136 valence electrons. The molecule has 1 saturated carbocycles. The number of benzene rings is 1. The molecule has 25 heavy (non-hydrogen) atoms. The second-order valence-electron chi connectivity index (χ2n) is 6.56.